The minimum Gasteiger partial charge on any atom is -0.352 e. The first kappa shape index (κ1) is 18.0. The molecule has 0 spiro atoms. The number of carbonyl (C=O) groups is 3. The van der Waals surface area contributed by atoms with Crippen molar-refractivity contribution in [3.63, 3.8) is 0 Å². The molecule has 6 nitrogen and oxygen atoms in total. The summed E-state index contributed by atoms with van der Waals surface area (Å²) in [4.78, 5) is 41.6. The van der Waals surface area contributed by atoms with Gasteiger partial charge in [-0.15, -0.1) is 0 Å². The van der Waals surface area contributed by atoms with Crippen LogP contribution in [0.15, 0.2) is 30.3 Å². The Morgan fingerprint density at radius 3 is 2.59 bits per heavy atom. The Kier molecular flexibility index (Phi) is 4.89. The van der Waals surface area contributed by atoms with E-state index >= 15 is 0 Å². The third kappa shape index (κ3) is 3.70. The van der Waals surface area contributed by atoms with Crippen molar-refractivity contribution in [1.82, 2.24) is 15.1 Å². The van der Waals surface area contributed by atoms with Crippen LogP contribution in [0.5, 0.6) is 0 Å². The molecule has 0 bridgehead atoms. The van der Waals surface area contributed by atoms with Crippen LogP contribution in [-0.2, 0) is 14.4 Å². The van der Waals surface area contributed by atoms with Crippen LogP contribution in [0.2, 0.25) is 0 Å². The highest BCUT2D eigenvalue weighted by atomic mass is 16.2. The predicted molar refractivity (Wildman–Crippen MR) is 101 cm³/mol. The first-order valence-electron chi connectivity index (χ1n) is 10.00. The molecular formula is C21H27N3O3. The molecular weight excluding hydrogens is 342 g/mol. The second-order valence-electron chi connectivity index (χ2n) is 8.01. The molecule has 3 aliphatic rings. The van der Waals surface area contributed by atoms with Crippen molar-refractivity contribution in [2.24, 2.45) is 5.92 Å². The van der Waals surface area contributed by atoms with E-state index in [4.69, 9.17) is 0 Å². The Bertz CT molecular complexity index is 731. The number of rotatable bonds is 5. The smallest absolute Gasteiger partial charge is 0.243 e. The van der Waals surface area contributed by atoms with Gasteiger partial charge in [0.15, 0.2) is 0 Å². The lowest BCUT2D eigenvalue weighted by Gasteiger charge is -2.28. The molecule has 2 aliphatic heterocycles. The van der Waals surface area contributed by atoms with Crippen LogP contribution in [0.4, 0.5) is 0 Å². The molecule has 0 unspecified atom stereocenters. The van der Waals surface area contributed by atoms with Gasteiger partial charge >= 0.3 is 0 Å². The lowest BCUT2D eigenvalue weighted by atomic mass is 10.1. The van der Waals surface area contributed by atoms with E-state index < -0.39 is 0 Å². The highest BCUT2D eigenvalue weighted by Gasteiger charge is 2.43. The van der Waals surface area contributed by atoms with Crippen LogP contribution in [0.1, 0.15) is 50.6 Å². The monoisotopic (exact) mass is 369 g/mol. The van der Waals surface area contributed by atoms with Gasteiger partial charge in [0.2, 0.25) is 17.7 Å². The molecule has 27 heavy (non-hydrogen) atoms. The molecule has 3 amide bonds. The van der Waals surface area contributed by atoms with E-state index in [1.165, 1.54) is 0 Å². The SMILES string of the molecule is C[C@H](c1ccccc1)N1C[C@@H](C(=O)N2CCC[C@@H]2C(=O)NC2CC2)CC1=O. The van der Waals surface area contributed by atoms with Gasteiger partial charge in [0, 0.05) is 25.6 Å². The van der Waals surface area contributed by atoms with Gasteiger partial charge in [0.05, 0.1) is 12.0 Å². The molecule has 3 fully saturated rings. The van der Waals surface area contributed by atoms with Crippen LogP contribution >= 0.6 is 0 Å². The van der Waals surface area contributed by atoms with Gasteiger partial charge in [-0.05, 0) is 38.2 Å². The standard InChI is InChI=1S/C21H27N3O3/c1-14(15-6-3-2-4-7-15)24-13-16(12-19(24)25)21(27)23-11-5-8-18(23)20(26)22-17-9-10-17/h2-4,6-7,14,16-18H,5,8-13H2,1H3,(H,22,26)/t14-,16+,18-/m1/s1. The number of hydrogen-bond acceptors (Lipinski definition) is 3. The maximum absolute atomic E-state index is 13.1. The van der Waals surface area contributed by atoms with E-state index in [-0.39, 0.29) is 42.1 Å². The fourth-order valence-corrected chi connectivity index (χ4v) is 4.25. The molecule has 2 heterocycles. The molecule has 2 saturated heterocycles. The topological polar surface area (TPSA) is 69.7 Å². The second-order valence-corrected chi connectivity index (χ2v) is 8.01. The van der Waals surface area contributed by atoms with Crippen molar-refractivity contribution in [3.05, 3.63) is 35.9 Å². The first-order valence-corrected chi connectivity index (χ1v) is 10.00. The lowest BCUT2D eigenvalue weighted by Crippen LogP contribution is -2.48. The number of nitrogens with zero attached hydrogens (tertiary/aromatic N) is 2. The third-order valence-electron chi connectivity index (χ3n) is 6.02. The first-order chi connectivity index (χ1) is 13.0. The zero-order chi connectivity index (χ0) is 19.0. The summed E-state index contributed by atoms with van der Waals surface area (Å²) in [6, 6.07) is 9.76. The number of hydrogen-bond donors (Lipinski definition) is 1. The Labute approximate surface area is 159 Å². The minimum atomic E-state index is -0.367. The fourth-order valence-electron chi connectivity index (χ4n) is 4.25. The van der Waals surface area contributed by atoms with Crippen molar-refractivity contribution in [2.75, 3.05) is 13.1 Å². The number of carbonyl (C=O) groups excluding carboxylic acids is 3. The molecule has 1 aromatic carbocycles. The van der Waals surface area contributed by atoms with Crippen LogP contribution in [0.25, 0.3) is 0 Å². The van der Waals surface area contributed by atoms with Gasteiger partial charge in [-0.2, -0.15) is 0 Å². The van der Waals surface area contributed by atoms with Gasteiger partial charge < -0.3 is 15.1 Å². The molecule has 144 valence electrons. The van der Waals surface area contributed by atoms with E-state index in [0.717, 1.165) is 31.2 Å². The summed E-state index contributed by atoms with van der Waals surface area (Å²) < 4.78 is 0. The lowest BCUT2D eigenvalue weighted by molar-refractivity contribution is -0.141. The maximum atomic E-state index is 13.1. The number of benzene rings is 1. The molecule has 1 N–H and O–H groups in total. The number of amides is 3. The summed E-state index contributed by atoms with van der Waals surface area (Å²) in [5.74, 6) is -0.400. The van der Waals surface area contributed by atoms with Gasteiger partial charge in [0.25, 0.3) is 0 Å². The molecule has 0 radical (unpaired) electrons. The van der Waals surface area contributed by atoms with Gasteiger partial charge in [-0.1, -0.05) is 30.3 Å². The Hall–Kier alpha value is -2.37. The van der Waals surface area contributed by atoms with Crippen molar-refractivity contribution in [1.29, 1.82) is 0 Å². The normalized spacial score (nSPS) is 26.3. The van der Waals surface area contributed by atoms with E-state index in [1.54, 1.807) is 9.80 Å². The third-order valence-corrected chi connectivity index (χ3v) is 6.02. The summed E-state index contributed by atoms with van der Waals surface area (Å²) in [7, 11) is 0. The van der Waals surface area contributed by atoms with Crippen molar-refractivity contribution in [3.8, 4) is 0 Å². The average molecular weight is 369 g/mol. The Morgan fingerprint density at radius 2 is 1.89 bits per heavy atom. The van der Waals surface area contributed by atoms with Crippen LogP contribution in [-0.4, -0.2) is 52.7 Å². The van der Waals surface area contributed by atoms with Gasteiger partial charge in [0.1, 0.15) is 6.04 Å². The zero-order valence-corrected chi connectivity index (χ0v) is 15.8. The Balaban J connectivity index is 1.41. The summed E-state index contributed by atoms with van der Waals surface area (Å²) in [5.41, 5.74) is 1.07. The molecule has 3 atom stereocenters. The van der Waals surface area contributed by atoms with Gasteiger partial charge in [-0.25, -0.2) is 0 Å². The van der Waals surface area contributed by atoms with Crippen LogP contribution < -0.4 is 5.32 Å². The Morgan fingerprint density at radius 1 is 1.15 bits per heavy atom. The largest absolute Gasteiger partial charge is 0.352 e. The highest BCUT2D eigenvalue weighted by molar-refractivity contribution is 5.93. The molecule has 1 saturated carbocycles. The van der Waals surface area contributed by atoms with Gasteiger partial charge in [-0.3, -0.25) is 14.4 Å². The highest BCUT2D eigenvalue weighted by Crippen LogP contribution is 2.31. The maximum Gasteiger partial charge on any atom is 0.243 e. The summed E-state index contributed by atoms with van der Waals surface area (Å²) >= 11 is 0. The molecule has 4 rings (SSSR count). The fraction of sp³-hybridized carbons (Fsp3) is 0.571. The van der Waals surface area contributed by atoms with Crippen LogP contribution in [0.3, 0.4) is 0 Å². The second kappa shape index (κ2) is 7.33. The van der Waals surface area contributed by atoms with Crippen molar-refractivity contribution >= 4 is 17.7 Å². The predicted octanol–water partition coefficient (Wildman–Crippen LogP) is 1.87. The minimum absolute atomic E-state index is 0.0166. The summed E-state index contributed by atoms with van der Waals surface area (Å²) in [5, 5.41) is 3.02. The number of likely N-dealkylation sites (tertiary alicyclic amines) is 2. The van der Waals surface area contributed by atoms with E-state index in [2.05, 4.69) is 5.32 Å². The molecule has 1 aliphatic carbocycles. The summed E-state index contributed by atoms with van der Waals surface area (Å²) in [6.45, 7) is 3.05. The van der Waals surface area contributed by atoms with Crippen molar-refractivity contribution in [2.45, 2.75) is 57.2 Å². The molecule has 1 aromatic rings. The molecule has 0 aromatic heterocycles. The van der Waals surface area contributed by atoms with E-state index in [0.29, 0.717) is 19.1 Å². The number of nitrogens with one attached hydrogen (secondary N) is 1. The van der Waals surface area contributed by atoms with Crippen molar-refractivity contribution < 1.29 is 14.4 Å². The zero-order valence-electron chi connectivity index (χ0n) is 15.8. The summed E-state index contributed by atoms with van der Waals surface area (Å²) in [6.07, 6.45) is 3.88. The van der Waals surface area contributed by atoms with E-state index in [9.17, 15) is 14.4 Å². The average Bonchev–Trinajstić information content (AvgIpc) is 3.20. The quantitative estimate of drug-likeness (QED) is 0.861. The van der Waals surface area contributed by atoms with E-state index in [1.807, 2.05) is 37.3 Å². The molecule has 6 heteroatoms. The van der Waals surface area contributed by atoms with Crippen LogP contribution in [0, 0.1) is 5.92 Å².